The number of benzene rings is 1. The SMILES string of the molecule is COc1ccccc1OC.ClCCl. The second kappa shape index (κ2) is 8.02. The van der Waals surface area contributed by atoms with Gasteiger partial charge >= 0.3 is 0 Å². The predicted molar refractivity (Wildman–Crippen MR) is 56.1 cm³/mol. The lowest BCUT2D eigenvalue weighted by Crippen LogP contribution is -1.88. The number of alkyl halides is 2. The van der Waals surface area contributed by atoms with E-state index in [1.54, 1.807) is 14.2 Å². The van der Waals surface area contributed by atoms with Crippen molar-refractivity contribution in [3.63, 3.8) is 0 Å². The van der Waals surface area contributed by atoms with Crippen LogP contribution in [0.15, 0.2) is 24.3 Å². The molecule has 4 heteroatoms. The molecule has 0 spiro atoms. The maximum Gasteiger partial charge on any atom is 0.160 e. The second-order valence-corrected chi connectivity index (χ2v) is 2.76. The first-order chi connectivity index (χ1) is 6.29. The molecule has 0 aromatic heterocycles. The van der Waals surface area contributed by atoms with E-state index >= 15 is 0 Å². The van der Waals surface area contributed by atoms with Gasteiger partial charge in [-0.15, -0.1) is 23.2 Å². The van der Waals surface area contributed by atoms with Gasteiger partial charge in [-0.2, -0.15) is 0 Å². The Bertz CT molecular complexity index is 206. The summed E-state index contributed by atoms with van der Waals surface area (Å²) in [7, 11) is 3.25. The van der Waals surface area contributed by atoms with Crippen molar-refractivity contribution in [1.29, 1.82) is 0 Å². The third-order valence-corrected chi connectivity index (χ3v) is 1.29. The van der Waals surface area contributed by atoms with E-state index in [2.05, 4.69) is 0 Å². The van der Waals surface area contributed by atoms with Crippen LogP contribution in [0.25, 0.3) is 0 Å². The molecule has 0 heterocycles. The van der Waals surface area contributed by atoms with Crippen molar-refractivity contribution in [3.8, 4) is 11.5 Å². The molecule has 74 valence electrons. The van der Waals surface area contributed by atoms with Gasteiger partial charge in [-0.05, 0) is 12.1 Å². The first-order valence-corrected chi connectivity index (χ1v) is 4.66. The maximum atomic E-state index is 5.01. The number of halogens is 2. The lowest BCUT2D eigenvalue weighted by Gasteiger charge is -2.04. The zero-order chi connectivity index (χ0) is 10.1. The standard InChI is InChI=1S/C8H10O2.CH2Cl2/c1-9-7-5-3-4-6-8(7)10-2;2-1-3/h3-6H,1-2H3;1H2. The van der Waals surface area contributed by atoms with Gasteiger partial charge in [-0.3, -0.25) is 0 Å². The predicted octanol–water partition coefficient (Wildman–Crippen LogP) is 3.13. The van der Waals surface area contributed by atoms with E-state index in [0.29, 0.717) is 0 Å². The lowest BCUT2D eigenvalue weighted by atomic mass is 10.3. The molecule has 0 unspecified atom stereocenters. The van der Waals surface area contributed by atoms with Gasteiger partial charge in [0.2, 0.25) is 0 Å². The van der Waals surface area contributed by atoms with Crippen LogP contribution in [-0.4, -0.2) is 19.6 Å². The van der Waals surface area contributed by atoms with Crippen molar-refractivity contribution in [2.24, 2.45) is 0 Å². The molecule has 0 fully saturated rings. The number of hydrogen-bond acceptors (Lipinski definition) is 2. The Hall–Kier alpha value is -0.600. The smallest absolute Gasteiger partial charge is 0.160 e. The summed E-state index contributed by atoms with van der Waals surface area (Å²) in [4.78, 5) is 0. The minimum absolute atomic E-state index is 0.194. The van der Waals surface area contributed by atoms with Crippen LogP contribution >= 0.6 is 23.2 Å². The zero-order valence-electron chi connectivity index (χ0n) is 7.59. The topological polar surface area (TPSA) is 18.5 Å². The summed E-state index contributed by atoms with van der Waals surface area (Å²) in [6.45, 7) is 0. The summed E-state index contributed by atoms with van der Waals surface area (Å²) in [6.07, 6.45) is 0. The number of rotatable bonds is 2. The highest BCUT2D eigenvalue weighted by Crippen LogP contribution is 2.24. The van der Waals surface area contributed by atoms with Gasteiger partial charge < -0.3 is 9.47 Å². The van der Waals surface area contributed by atoms with E-state index in [4.69, 9.17) is 32.7 Å². The van der Waals surface area contributed by atoms with Crippen LogP contribution in [0, 0.1) is 0 Å². The van der Waals surface area contributed by atoms with Crippen LogP contribution in [0.1, 0.15) is 0 Å². The first-order valence-electron chi connectivity index (χ1n) is 3.59. The highest BCUT2D eigenvalue weighted by molar-refractivity contribution is 6.40. The second-order valence-electron chi connectivity index (χ2n) is 1.96. The number of para-hydroxylation sites is 2. The van der Waals surface area contributed by atoms with Crippen molar-refractivity contribution in [2.45, 2.75) is 0 Å². The quantitative estimate of drug-likeness (QED) is 0.717. The minimum Gasteiger partial charge on any atom is -0.493 e. The van der Waals surface area contributed by atoms with Gasteiger partial charge in [0.05, 0.1) is 19.6 Å². The molecule has 0 amide bonds. The minimum atomic E-state index is 0.194. The molecule has 0 saturated heterocycles. The Morgan fingerprint density at radius 2 is 1.31 bits per heavy atom. The van der Waals surface area contributed by atoms with Gasteiger partial charge in [0.1, 0.15) is 0 Å². The van der Waals surface area contributed by atoms with E-state index < -0.39 is 0 Å². The van der Waals surface area contributed by atoms with Crippen LogP contribution < -0.4 is 9.47 Å². The fraction of sp³-hybridized carbons (Fsp3) is 0.333. The zero-order valence-corrected chi connectivity index (χ0v) is 9.10. The number of methoxy groups -OCH3 is 2. The van der Waals surface area contributed by atoms with Gasteiger partial charge in [0.25, 0.3) is 0 Å². The number of hydrogen-bond donors (Lipinski definition) is 0. The molecule has 0 aliphatic rings. The average molecular weight is 223 g/mol. The lowest BCUT2D eigenvalue weighted by molar-refractivity contribution is 0.355. The largest absolute Gasteiger partial charge is 0.493 e. The van der Waals surface area contributed by atoms with Crippen molar-refractivity contribution in [1.82, 2.24) is 0 Å². The number of ether oxygens (including phenoxy) is 2. The molecule has 1 rings (SSSR count). The normalized spacial score (nSPS) is 8.31. The molecule has 0 aliphatic heterocycles. The Kier molecular flexibility index (Phi) is 7.65. The highest BCUT2D eigenvalue weighted by atomic mass is 35.5. The summed E-state index contributed by atoms with van der Waals surface area (Å²) in [5, 5.41) is 0.194. The third kappa shape index (κ3) is 4.86. The van der Waals surface area contributed by atoms with Crippen LogP contribution in [-0.2, 0) is 0 Å². The van der Waals surface area contributed by atoms with Crippen LogP contribution in [0.2, 0.25) is 0 Å². The van der Waals surface area contributed by atoms with Crippen LogP contribution in [0.4, 0.5) is 0 Å². The molecule has 1 aromatic rings. The molecule has 0 saturated carbocycles. The van der Waals surface area contributed by atoms with Crippen molar-refractivity contribution in [3.05, 3.63) is 24.3 Å². The van der Waals surface area contributed by atoms with Gasteiger partial charge in [0, 0.05) is 0 Å². The van der Waals surface area contributed by atoms with Crippen LogP contribution in [0.5, 0.6) is 11.5 Å². The van der Waals surface area contributed by atoms with Crippen LogP contribution in [0.3, 0.4) is 0 Å². The fourth-order valence-corrected chi connectivity index (χ4v) is 0.787. The van der Waals surface area contributed by atoms with Crippen molar-refractivity contribution >= 4 is 23.2 Å². The Morgan fingerprint density at radius 1 is 1.00 bits per heavy atom. The Labute approximate surface area is 88.4 Å². The summed E-state index contributed by atoms with van der Waals surface area (Å²) in [6, 6.07) is 7.53. The molecule has 0 aliphatic carbocycles. The van der Waals surface area contributed by atoms with Gasteiger partial charge in [0.15, 0.2) is 11.5 Å². The van der Waals surface area contributed by atoms with Gasteiger partial charge in [-0.25, -0.2) is 0 Å². The van der Waals surface area contributed by atoms with E-state index in [1.807, 2.05) is 24.3 Å². The molecule has 0 bridgehead atoms. The monoisotopic (exact) mass is 222 g/mol. The average Bonchev–Trinajstić information content (AvgIpc) is 2.19. The maximum absolute atomic E-state index is 5.01. The summed E-state index contributed by atoms with van der Waals surface area (Å²) in [5.74, 6) is 1.54. The summed E-state index contributed by atoms with van der Waals surface area (Å²) >= 11 is 9.53. The summed E-state index contributed by atoms with van der Waals surface area (Å²) < 4.78 is 10.0. The molecule has 0 atom stereocenters. The van der Waals surface area contributed by atoms with Crippen molar-refractivity contribution in [2.75, 3.05) is 19.6 Å². The fourth-order valence-electron chi connectivity index (χ4n) is 0.787. The van der Waals surface area contributed by atoms with Crippen molar-refractivity contribution < 1.29 is 9.47 Å². The summed E-state index contributed by atoms with van der Waals surface area (Å²) in [5.41, 5.74) is 0. The first kappa shape index (κ1) is 12.4. The Balaban J connectivity index is 0.000000424. The van der Waals surface area contributed by atoms with E-state index in [-0.39, 0.29) is 5.34 Å². The molecule has 2 nitrogen and oxygen atoms in total. The molecule has 0 N–H and O–H groups in total. The highest BCUT2D eigenvalue weighted by Gasteiger charge is 1.97. The molecule has 1 aromatic carbocycles. The molecular formula is C9H12Cl2O2. The van der Waals surface area contributed by atoms with Gasteiger partial charge in [-0.1, -0.05) is 12.1 Å². The van der Waals surface area contributed by atoms with E-state index in [9.17, 15) is 0 Å². The molecule has 0 radical (unpaired) electrons. The van der Waals surface area contributed by atoms with E-state index in [1.165, 1.54) is 0 Å². The third-order valence-electron chi connectivity index (χ3n) is 1.29. The molecule has 13 heavy (non-hydrogen) atoms. The molecular weight excluding hydrogens is 211 g/mol. The van der Waals surface area contributed by atoms with E-state index in [0.717, 1.165) is 11.5 Å². The Morgan fingerprint density at radius 3 is 1.54 bits per heavy atom.